The number of hydrogen-bond acceptors (Lipinski definition) is 4. The summed E-state index contributed by atoms with van der Waals surface area (Å²) in [5, 5.41) is 9.70. The summed E-state index contributed by atoms with van der Waals surface area (Å²) in [4.78, 5) is 20.3. The molecule has 2 atom stereocenters. The minimum Gasteiger partial charge on any atom is -0.341 e. The van der Waals surface area contributed by atoms with Crippen molar-refractivity contribution in [2.75, 3.05) is 18.4 Å². The summed E-state index contributed by atoms with van der Waals surface area (Å²) < 4.78 is 0. The number of anilines is 1. The molecule has 4 N–H and O–H groups in total. The second-order valence-electron chi connectivity index (χ2n) is 8.12. The fourth-order valence-corrected chi connectivity index (χ4v) is 4.30. The van der Waals surface area contributed by atoms with E-state index >= 15 is 0 Å². The van der Waals surface area contributed by atoms with E-state index in [1.807, 2.05) is 30.5 Å². The predicted molar refractivity (Wildman–Crippen MR) is 119 cm³/mol. The lowest BCUT2D eigenvalue weighted by atomic mass is 10.0. The van der Waals surface area contributed by atoms with E-state index in [2.05, 4.69) is 50.2 Å². The SMILES string of the molecule is O=C(Nc1ccc(-c2ccc(-c3cnc([C@@H]4CCCN4)[nH]3)cc2)cc1)C1CCCN1. The first kappa shape index (κ1) is 19.0. The molecule has 5 rings (SSSR count). The summed E-state index contributed by atoms with van der Waals surface area (Å²) in [6.07, 6.45) is 6.23. The number of H-pyrrole nitrogens is 1. The van der Waals surface area contributed by atoms with E-state index in [9.17, 15) is 4.79 Å². The van der Waals surface area contributed by atoms with Crippen LogP contribution in [-0.2, 0) is 4.79 Å². The van der Waals surface area contributed by atoms with Crippen LogP contribution in [0.1, 0.15) is 37.5 Å². The van der Waals surface area contributed by atoms with E-state index < -0.39 is 0 Å². The number of imidazole rings is 1. The molecule has 6 heteroatoms. The number of carbonyl (C=O) groups excluding carboxylic acids is 1. The third-order valence-electron chi connectivity index (χ3n) is 6.04. The third kappa shape index (κ3) is 4.01. The van der Waals surface area contributed by atoms with Gasteiger partial charge in [0.05, 0.1) is 24.0 Å². The van der Waals surface area contributed by atoms with Gasteiger partial charge in [-0.3, -0.25) is 4.79 Å². The first-order valence-electron chi connectivity index (χ1n) is 10.8. The molecule has 0 bridgehead atoms. The maximum absolute atomic E-state index is 12.2. The van der Waals surface area contributed by atoms with Crippen LogP contribution in [0.4, 0.5) is 5.69 Å². The Morgan fingerprint density at radius 2 is 1.53 bits per heavy atom. The highest BCUT2D eigenvalue weighted by molar-refractivity contribution is 5.95. The molecule has 154 valence electrons. The summed E-state index contributed by atoms with van der Waals surface area (Å²) in [6.45, 7) is 1.99. The van der Waals surface area contributed by atoms with E-state index in [0.717, 1.165) is 66.2 Å². The quantitative estimate of drug-likeness (QED) is 0.523. The molecule has 2 aromatic carbocycles. The zero-order valence-electron chi connectivity index (χ0n) is 16.9. The zero-order valence-corrected chi connectivity index (χ0v) is 16.9. The standard InChI is InChI=1S/C24H27N5O/c30-24(21-4-2-14-26-21)28-19-11-9-17(10-12-19)16-5-7-18(8-6-16)22-15-27-23(29-22)20-3-1-13-25-20/h5-12,15,20-21,25-26H,1-4,13-14H2,(H,27,29)(H,28,30)/t20-,21?/m0/s1. The van der Waals surface area contributed by atoms with Crippen LogP contribution in [0.5, 0.6) is 0 Å². The van der Waals surface area contributed by atoms with Gasteiger partial charge in [0.1, 0.15) is 5.82 Å². The Morgan fingerprint density at radius 1 is 0.867 bits per heavy atom. The van der Waals surface area contributed by atoms with Gasteiger partial charge in [-0.15, -0.1) is 0 Å². The largest absolute Gasteiger partial charge is 0.341 e. The third-order valence-corrected chi connectivity index (χ3v) is 6.04. The second-order valence-corrected chi connectivity index (χ2v) is 8.12. The molecule has 1 unspecified atom stereocenters. The Kier molecular flexibility index (Phi) is 5.34. The molecule has 1 amide bonds. The molecule has 6 nitrogen and oxygen atoms in total. The summed E-state index contributed by atoms with van der Waals surface area (Å²) in [5.74, 6) is 1.08. The first-order valence-corrected chi connectivity index (χ1v) is 10.8. The highest BCUT2D eigenvalue weighted by Crippen LogP contribution is 2.27. The van der Waals surface area contributed by atoms with Gasteiger partial charge < -0.3 is 20.9 Å². The topological polar surface area (TPSA) is 81.8 Å². The molecule has 1 aromatic heterocycles. The van der Waals surface area contributed by atoms with E-state index in [0.29, 0.717) is 6.04 Å². The molecule has 0 saturated carbocycles. The Hall–Kier alpha value is -2.96. The summed E-state index contributed by atoms with van der Waals surface area (Å²) in [6, 6.07) is 16.8. The van der Waals surface area contributed by atoms with Crippen molar-refractivity contribution < 1.29 is 4.79 Å². The molecule has 0 radical (unpaired) electrons. The number of benzene rings is 2. The number of nitrogens with one attached hydrogen (secondary N) is 4. The van der Waals surface area contributed by atoms with Gasteiger partial charge in [-0.25, -0.2) is 4.98 Å². The van der Waals surface area contributed by atoms with Crippen LogP contribution in [-0.4, -0.2) is 35.0 Å². The van der Waals surface area contributed by atoms with Crippen molar-refractivity contribution >= 4 is 11.6 Å². The second kappa shape index (κ2) is 8.42. The number of hydrogen-bond donors (Lipinski definition) is 4. The fraction of sp³-hybridized carbons (Fsp3) is 0.333. The van der Waals surface area contributed by atoms with E-state index in [-0.39, 0.29) is 11.9 Å². The van der Waals surface area contributed by atoms with Gasteiger partial charge in [0, 0.05) is 5.69 Å². The van der Waals surface area contributed by atoms with Crippen LogP contribution in [0, 0.1) is 0 Å². The van der Waals surface area contributed by atoms with Gasteiger partial charge in [-0.2, -0.15) is 0 Å². The summed E-state index contributed by atoms with van der Waals surface area (Å²) >= 11 is 0. The van der Waals surface area contributed by atoms with E-state index in [4.69, 9.17) is 0 Å². The van der Waals surface area contributed by atoms with Crippen molar-refractivity contribution in [2.24, 2.45) is 0 Å². The Labute approximate surface area is 176 Å². The predicted octanol–water partition coefficient (Wildman–Crippen LogP) is 3.86. The van der Waals surface area contributed by atoms with Crippen LogP contribution in [0.15, 0.2) is 54.7 Å². The fourth-order valence-electron chi connectivity index (χ4n) is 4.30. The van der Waals surface area contributed by atoms with Crippen molar-refractivity contribution in [2.45, 2.75) is 37.8 Å². The van der Waals surface area contributed by atoms with Crippen molar-refractivity contribution in [3.05, 3.63) is 60.6 Å². The van der Waals surface area contributed by atoms with Gasteiger partial charge in [-0.05, 0) is 67.6 Å². The van der Waals surface area contributed by atoms with Gasteiger partial charge in [0.15, 0.2) is 0 Å². The van der Waals surface area contributed by atoms with Crippen LogP contribution in [0.25, 0.3) is 22.4 Å². The average molecular weight is 402 g/mol. The van der Waals surface area contributed by atoms with Crippen molar-refractivity contribution in [1.29, 1.82) is 0 Å². The highest BCUT2D eigenvalue weighted by Gasteiger charge is 2.22. The summed E-state index contributed by atoms with van der Waals surface area (Å²) in [5.41, 5.74) is 5.28. The monoisotopic (exact) mass is 401 g/mol. The molecular formula is C24H27N5O. The highest BCUT2D eigenvalue weighted by atomic mass is 16.2. The number of rotatable bonds is 5. The Morgan fingerprint density at radius 3 is 2.20 bits per heavy atom. The molecule has 3 heterocycles. The lowest BCUT2D eigenvalue weighted by molar-refractivity contribution is -0.117. The molecule has 2 aliphatic rings. The van der Waals surface area contributed by atoms with E-state index in [1.54, 1.807) is 0 Å². The van der Waals surface area contributed by atoms with Crippen LogP contribution < -0.4 is 16.0 Å². The lowest BCUT2D eigenvalue weighted by Crippen LogP contribution is -2.35. The molecule has 30 heavy (non-hydrogen) atoms. The number of aromatic amines is 1. The molecule has 0 spiro atoms. The zero-order chi connectivity index (χ0) is 20.3. The van der Waals surface area contributed by atoms with Crippen molar-refractivity contribution in [3.8, 4) is 22.4 Å². The maximum atomic E-state index is 12.2. The number of carbonyl (C=O) groups is 1. The first-order chi connectivity index (χ1) is 14.8. The maximum Gasteiger partial charge on any atom is 0.241 e. The smallest absolute Gasteiger partial charge is 0.241 e. The van der Waals surface area contributed by atoms with Crippen molar-refractivity contribution in [1.82, 2.24) is 20.6 Å². The van der Waals surface area contributed by atoms with Crippen LogP contribution in [0.3, 0.4) is 0 Å². The summed E-state index contributed by atoms with van der Waals surface area (Å²) in [7, 11) is 0. The van der Waals surface area contributed by atoms with Crippen molar-refractivity contribution in [3.63, 3.8) is 0 Å². The van der Waals surface area contributed by atoms with E-state index in [1.165, 1.54) is 6.42 Å². The molecule has 2 fully saturated rings. The van der Waals surface area contributed by atoms with Gasteiger partial charge in [0.25, 0.3) is 0 Å². The molecule has 0 aliphatic carbocycles. The Balaban J connectivity index is 1.25. The number of nitrogens with zero attached hydrogens (tertiary/aromatic N) is 1. The lowest BCUT2D eigenvalue weighted by Gasteiger charge is -2.11. The number of amides is 1. The molecule has 2 aliphatic heterocycles. The van der Waals surface area contributed by atoms with Gasteiger partial charge in [-0.1, -0.05) is 36.4 Å². The Bertz CT molecular complexity index is 997. The molecular weight excluding hydrogens is 374 g/mol. The minimum atomic E-state index is -0.0651. The van der Waals surface area contributed by atoms with Gasteiger partial charge >= 0.3 is 0 Å². The minimum absolute atomic E-state index is 0.0522. The normalized spacial score (nSPS) is 21.1. The van der Waals surface area contributed by atoms with Crippen LogP contribution in [0.2, 0.25) is 0 Å². The van der Waals surface area contributed by atoms with Crippen LogP contribution >= 0.6 is 0 Å². The molecule has 2 saturated heterocycles. The van der Waals surface area contributed by atoms with Gasteiger partial charge in [0.2, 0.25) is 5.91 Å². The average Bonchev–Trinajstić information content (AvgIpc) is 3.57. The molecule has 3 aromatic rings. The number of aromatic nitrogens is 2.